The molecule has 4 N–H and O–H groups in total. The van der Waals surface area contributed by atoms with Crippen molar-refractivity contribution in [1.82, 2.24) is 0 Å². The summed E-state index contributed by atoms with van der Waals surface area (Å²) in [5.74, 6) is 0.320. The highest BCUT2D eigenvalue weighted by atomic mass is 16.3. The van der Waals surface area contributed by atoms with Crippen LogP contribution in [0.5, 0.6) is 0 Å². The molecule has 0 heterocycles. The molecule has 4 rings (SSSR count). The van der Waals surface area contributed by atoms with Crippen molar-refractivity contribution in [2.45, 2.75) is 76.8 Å². The minimum Gasteiger partial charge on any atom is -0.393 e. The maximum absolute atomic E-state index is 11.0. The summed E-state index contributed by atoms with van der Waals surface area (Å²) in [7, 11) is 0. The van der Waals surface area contributed by atoms with Crippen molar-refractivity contribution in [2.24, 2.45) is 28.6 Å². The Bertz CT molecular complexity index is 531. The Morgan fingerprint density at radius 3 is 2.52 bits per heavy atom. The van der Waals surface area contributed by atoms with Gasteiger partial charge in [0.1, 0.15) is 0 Å². The van der Waals surface area contributed by atoms with E-state index in [1.165, 1.54) is 0 Å². The second-order valence-corrected chi connectivity index (χ2v) is 9.08. The Hall–Kier alpha value is -0.420. The number of hydrogen-bond donors (Lipinski definition) is 4. The monoisotopic (exact) mass is 322 g/mol. The van der Waals surface area contributed by atoms with E-state index in [0.717, 1.165) is 31.3 Å². The first-order valence-corrected chi connectivity index (χ1v) is 9.21. The molecule has 4 aliphatic carbocycles. The van der Waals surface area contributed by atoms with Gasteiger partial charge < -0.3 is 20.4 Å². The molecule has 0 bridgehead atoms. The van der Waals surface area contributed by atoms with Gasteiger partial charge in [-0.3, -0.25) is 0 Å². The van der Waals surface area contributed by atoms with E-state index in [1.807, 2.05) is 6.08 Å². The minimum atomic E-state index is -0.571. The molecule has 3 fully saturated rings. The highest BCUT2D eigenvalue weighted by Crippen LogP contribution is 2.64. The average molecular weight is 322 g/mol. The van der Waals surface area contributed by atoms with E-state index in [4.69, 9.17) is 0 Å². The largest absolute Gasteiger partial charge is 0.393 e. The van der Waals surface area contributed by atoms with Crippen molar-refractivity contribution in [2.75, 3.05) is 0 Å². The van der Waals surface area contributed by atoms with Gasteiger partial charge >= 0.3 is 0 Å². The third-order valence-electron chi connectivity index (χ3n) is 7.99. The highest BCUT2D eigenvalue weighted by molar-refractivity contribution is 5.29. The Balaban J connectivity index is 1.78. The molecule has 0 aromatic rings. The Kier molecular flexibility index (Phi) is 3.52. The Morgan fingerprint density at radius 1 is 1.04 bits per heavy atom. The van der Waals surface area contributed by atoms with Crippen LogP contribution in [-0.2, 0) is 0 Å². The van der Waals surface area contributed by atoms with E-state index in [9.17, 15) is 20.4 Å². The molecular weight excluding hydrogens is 292 g/mol. The Labute approximate surface area is 138 Å². The van der Waals surface area contributed by atoms with Gasteiger partial charge in [0.05, 0.1) is 24.4 Å². The molecule has 130 valence electrons. The lowest BCUT2D eigenvalue weighted by Gasteiger charge is -2.60. The molecule has 4 nitrogen and oxygen atoms in total. The molecule has 4 aliphatic rings. The van der Waals surface area contributed by atoms with Crippen molar-refractivity contribution >= 4 is 0 Å². The molecule has 0 aromatic carbocycles. The number of aliphatic hydroxyl groups is 4. The molecule has 0 amide bonds. The predicted octanol–water partition coefficient (Wildman–Crippen LogP) is 1.61. The number of rotatable bonds is 0. The molecule has 0 aliphatic heterocycles. The summed E-state index contributed by atoms with van der Waals surface area (Å²) in [6, 6.07) is 0. The third kappa shape index (κ3) is 2.05. The van der Waals surface area contributed by atoms with Gasteiger partial charge in [0.15, 0.2) is 0 Å². The van der Waals surface area contributed by atoms with Crippen LogP contribution in [0.15, 0.2) is 11.6 Å². The molecule has 4 heteroatoms. The van der Waals surface area contributed by atoms with Crippen LogP contribution < -0.4 is 0 Å². The van der Waals surface area contributed by atoms with Crippen LogP contribution in [-0.4, -0.2) is 44.8 Å². The van der Waals surface area contributed by atoms with E-state index in [2.05, 4.69) is 13.8 Å². The zero-order valence-corrected chi connectivity index (χ0v) is 14.2. The maximum Gasteiger partial charge on any atom is 0.0758 e. The maximum atomic E-state index is 11.0. The fourth-order valence-electron chi connectivity index (χ4n) is 6.72. The molecule has 0 saturated heterocycles. The highest BCUT2D eigenvalue weighted by Gasteiger charge is 2.63. The first-order chi connectivity index (χ1) is 10.8. The van der Waals surface area contributed by atoms with E-state index >= 15 is 0 Å². The first-order valence-electron chi connectivity index (χ1n) is 9.21. The first kappa shape index (κ1) is 16.1. The van der Waals surface area contributed by atoms with E-state index < -0.39 is 12.2 Å². The molecule has 0 spiro atoms. The van der Waals surface area contributed by atoms with E-state index in [-0.39, 0.29) is 40.8 Å². The molecule has 9 atom stereocenters. The zero-order valence-electron chi connectivity index (χ0n) is 14.2. The second-order valence-electron chi connectivity index (χ2n) is 9.08. The summed E-state index contributed by atoms with van der Waals surface area (Å²) in [4.78, 5) is 0. The fourth-order valence-corrected chi connectivity index (χ4v) is 6.72. The van der Waals surface area contributed by atoms with E-state index in [0.29, 0.717) is 12.8 Å². The van der Waals surface area contributed by atoms with Crippen molar-refractivity contribution in [1.29, 1.82) is 0 Å². The van der Waals surface area contributed by atoms with Gasteiger partial charge in [-0.15, -0.1) is 0 Å². The summed E-state index contributed by atoms with van der Waals surface area (Å²) in [6.07, 6.45) is 4.80. The van der Waals surface area contributed by atoms with Gasteiger partial charge in [-0.2, -0.15) is 0 Å². The van der Waals surface area contributed by atoms with Crippen LogP contribution in [0.1, 0.15) is 52.4 Å². The predicted molar refractivity (Wildman–Crippen MR) is 86.5 cm³/mol. The van der Waals surface area contributed by atoms with Gasteiger partial charge in [0.2, 0.25) is 0 Å². The lowest BCUT2D eigenvalue weighted by atomic mass is 9.46. The molecule has 0 unspecified atom stereocenters. The summed E-state index contributed by atoms with van der Waals surface area (Å²) in [6.45, 7) is 4.30. The SMILES string of the molecule is C[C@]12C[C@@H](O)[C@H]3[C@@H]([C@@H](O)C=C4C[C@@H](O)CC[C@@]43C)[C@@H]1CC[C@@H]2O. The van der Waals surface area contributed by atoms with Gasteiger partial charge in [-0.25, -0.2) is 0 Å². The van der Waals surface area contributed by atoms with Gasteiger partial charge in [0, 0.05) is 0 Å². The van der Waals surface area contributed by atoms with E-state index in [1.54, 1.807) is 0 Å². The molecule has 23 heavy (non-hydrogen) atoms. The third-order valence-corrected chi connectivity index (χ3v) is 7.99. The van der Waals surface area contributed by atoms with Crippen LogP contribution in [0.25, 0.3) is 0 Å². The molecule has 0 radical (unpaired) electrons. The lowest BCUT2D eigenvalue weighted by Crippen LogP contribution is -2.60. The van der Waals surface area contributed by atoms with Crippen molar-refractivity contribution < 1.29 is 20.4 Å². The summed E-state index contributed by atoms with van der Waals surface area (Å²) in [5.41, 5.74) is 0.723. The second kappa shape index (κ2) is 5.04. The normalized spacial score (nSPS) is 58.9. The number of aliphatic hydroxyl groups excluding tert-OH is 4. The fraction of sp³-hybridized carbons (Fsp3) is 0.895. The summed E-state index contributed by atoms with van der Waals surface area (Å²) < 4.78 is 0. The average Bonchev–Trinajstić information content (AvgIpc) is 2.76. The van der Waals surface area contributed by atoms with Crippen molar-refractivity contribution in [3.05, 3.63) is 11.6 Å². The van der Waals surface area contributed by atoms with Crippen LogP contribution in [0.3, 0.4) is 0 Å². The van der Waals surface area contributed by atoms with Crippen LogP contribution in [0.4, 0.5) is 0 Å². The number of hydrogen-bond acceptors (Lipinski definition) is 4. The standard InChI is InChI=1S/C19H30O4/c1-18-6-5-11(20)7-10(18)8-13(21)16-12-3-4-15(23)19(12,2)9-14(22)17(16)18/h8,11-17,20-23H,3-7,9H2,1-2H3/t11-,12-,13-,14+,15-,16+,17-,18-,19-/m0/s1. The molecule has 0 aromatic heterocycles. The zero-order chi connectivity index (χ0) is 16.6. The number of fused-ring (bicyclic) bond motifs is 5. The topological polar surface area (TPSA) is 80.9 Å². The minimum absolute atomic E-state index is 0.0184. The van der Waals surface area contributed by atoms with Gasteiger partial charge in [-0.05, 0) is 67.1 Å². The summed E-state index contributed by atoms with van der Waals surface area (Å²) >= 11 is 0. The summed E-state index contributed by atoms with van der Waals surface area (Å²) in [5, 5.41) is 42.4. The van der Waals surface area contributed by atoms with Gasteiger partial charge in [-0.1, -0.05) is 25.5 Å². The van der Waals surface area contributed by atoms with Crippen LogP contribution in [0, 0.1) is 28.6 Å². The molecule has 3 saturated carbocycles. The van der Waals surface area contributed by atoms with Gasteiger partial charge in [0.25, 0.3) is 0 Å². The van der Waals surface area contributed by atoms with Crippen molar-refractivity contribution in [3.8, 4) is 0 Å². The Morgan fingerprint density at radius 2 is 1.78 bits per heavy atom. The quantitative estimate of drug-likeness (QED) is 0.511. The van der Waals surface area contributed by atoms with Crippen molar-refractivity contribution in [3.63, 3.8) is 0 Å². The van der Waals surface area contributed by atoms with Crippen LogP contribution in [0.2, 0.25) is 0 Å². The smallest absolute Gasteiger partial charge is 0.0758 e. The lowest BCUT2D eigenvalue weighted by molar-refractivity contribution is -0.160. The van der Waals surface area contributed by atoms with Crippen LogP contribution >= 0.6 is 0 Å². The molecular formula is C19H30O4.